The summed E-state index contributed by atoms with van der Waals surface area (Å²) >= 11 is 0. The number of urea groups is 1. The van der Waals surface area contributed by atoms with Crippen LogP contribution in [-0.2, 0) is 9.59 Å². The van der Waals surface area contributed by atoms with Gasteiger partial charge in [0.25, 0.3) is 0 Å². The van der Waals surface area contributed by atoms with Crippen molar-refractivity contribution in [2.45, 2.75) is 38.1 Å². The molecule has 20 heavy (non-hydrogen) atoms. The number of carbonyl (C=O) groups is 3. The lowest BCUT2D eigenvalue weighted by Crippen LogP contribution is -2.40. The number of nitrogens with zero attached hydrogens (tertiary/aromatic N) is 1. The number of carbonyl (C=O) groups excluding carboxylic acids is 2. The molecule has 0 spiro atoms. The Bertz CT molecular complexity index is 395. The highest BCUT2D eigenvalue weighted by atomic mass is 16.4. The molecular formula is C13H21N3O4. The summed E-state index contributed by atoms with van der Waals surface area (Å²) in [4.78, 5) is 35.5. The zero-order chi connectivity index (χ0) is 14.5. The molecule has 0 bridgehead atoms. The Kier molecular flexibility index (Phi) is 4.81. The van der Waals surface area contributed by atoms with Crippen molar-refractivity contribution in [3.8, 4) is 0 Å². The smallest absolute Gasteiger partial charge is 0.317 e. The van der Waals surface area contributed by atoms with Crippen LogP contribution in [0.3, 0.4) is 0 Å². The van der Waals surface area contributed by atoms with E-state index in [-0.39, 0.29) is 30.7 Å². The van der Waals surface area contributed by atoms with Gasteiger partial charge in [-0.1, -0.05) is 0 Å². The van der Waals surface area contributed by atoms with E-state index >= 15 is 0 Å². The van der Waals surface area contributed by atoms with Crippen molar-refractivity contribution in [2.75, 3.05) is 19.6 Å². The standard InChI is InChI=1S/C13H21N3O4/c17-11(15-10-1-2-10)3-5-14-13(20)16-6-4-9(8-16)7-12(18)19/h9-10H,1-8H2,(H,14,20)(H,15,17)(H,18,19). The average Bonchev–Trinajstić information content (AvgIpc) is 3.05. The number of hydrogen-bond donors (Lipinski definition) is 3. The Morgan fingerprint density at radius 1 is 1.20 bits per heavy atom. The van der Waals surface area contributed by atoms with Crippen molar-refractivity contribution in [3.63, 3.8) is 0 Å². The summed E-state index contributed by atoms with van der Waals surface area (Å²) in [6.45, 7) is 1.38. The van der Waals surface area contributed by atoms with Crippen LogP contribution in [0.15, 0.2) is 0 Å². The molecule has 7 heteroatoms. The number of aliphatic carboxylic acids is 1. The number of amides is 3. The SMILES string of the molecule is O=C(O)CC1CCN(C(=O)NCCC(=O)NC2CC2)C1. The molecule has 3 N–H and O–H groups in total. The van der Waals surface area contributed by atoms with Crippen LogP contribution in [0.25, 0.3) is 0 Å². The molecule has 1 heterocycles. The fourth-order valence-corrected chi connectivity index (χ4v) is 2.35. The predicted molar refractivity (Wildman–Crippen MR) is 71.1 cm³/mol. The molecule has 7 nitrogen and oxygen atoms in total. The van der Waals surface area contributed by atoms with Crippen molar-refractivity contribution in [3.05, 3.63) is 0 Å². The number of nitrogens with one attached hydrogen (secondary N) is 2. The van der Waals surface area contributed by atoms with Gasteiger partial charge in [-0.05, 0) is 25.2 Å². The molecule has 0 aromatic carbocycles. The van der Waals surface area contributed by atoms with E-state index in [9.17, 15) is 14.4 Å². The third kappa shape index (κ3) is 4.71. The fourth-order valence-electron chi connectivity index (χ4n) is 2.35. The van der Waals surface area contributed by atoms with Crippen molar-refractivity contribution in [2.24, 2.45) is 5.92 Å². The van der Waals surface area contributed by atoms with Gasteiger partial charge in [-0.25, -0.2) is 4.79 Å². The van der Waals surface area contributed by atoms with Gasteiger partial charge in [-0.3, -0.25) is 9.59 Å². The Labute approximate surface area is 117 Å². The van der Waals surface area contributed by atoms with E-state index in [2.05, 4.69) is 10.6 Å². The van der Waals surface area contributed by atoms with Crippen molar-refractivity contribution < 1.29 is 19.5 Å². The van der Waals surface area contributed by atoms with Crippen LogP contribution in [0.1, 0.15) is 32.1 Å². The Morgan fingerprint density at radius 2 is 1.95 bits per heavy atom. The first kappa shape index (κ1) is 14.6. The van der Waals surface area contributed by atoms with Gasteiger partial charge in [0, 0.05) is 38.5 Å². The molecule has 3 amide bonds. The summed E-state index contributed by atoms with van der Waals surface area (Å²) in [6, 6.07) is 0.130. The summed E-state index contributed by atoms with van der Waals surface area (Å²) < 4.78 is 0. The van der Waals surface area contributed by atoms with Crippen LogP contribution in [0.5, 0.6) is 0 Å². The topological polar surface area (TPSA) is 98.7 Å². The van der Waals surface area contributed by atoms with Crippen molar-refractivity contribution in [1.82, 2.24) is 15.5 Å². The molecule has 1 saturated carbocycles. The summed E-state index contributed by atoms with van der Waals surface area (Å²) in [5.41, 5.74) is 0. The number of likely N-dealkylation sites (tertiary alicyclic amines) is 1. The number of hydrogen-bond acceptors (Lipinski definition) is 3. The Morgan fingerprint density at radius 3 is 2.60 bits per heavy atom. The maximum Gasteiger partial charge on any atom is 0.317 e. The zero-order valence-corrected chi connectivity index (χ0v) is 11.4. The summed E-state index contributed by atoms with van der Waals surface area (Å²) in [5.74, 6) is -0.816. The van der Waals surface area contributed by atoms with Crippen LogP contribution in [0.4, 0.5) is 4.79 Å². The lowest BCUT2D eigenvalue weighted by molar-refractivity contribution is -0.138. The van der Waals surface area contributed by atoms with Gasteiger partial charge in [0.2, 0.25) is 5.91 Å². The first-order valence-electron chi connectivity index (χ1n) is 7.08. The predicted octanol–water partition coefficient (Wildman–Crippen LogP) is 0.161. The Balaban J connectivity index is 1.60. The van der Waals surface area contributed by atoms with Crippen LogP contribution in [0.2, 0.25) is 0 Å². The van der Waals surface area contributed by atoms with Crippen LogP contribution in [-0.4, -0.2) is 53.6 Å². The van der Waals surface area contributed by atoms with Crippen molar-refractivity contribution >= 4 is 17.9 Å². The highest BCUT2D eigenvalue weighted by Gasteiger charge is 2.27. The fraction of sp³-hybridized carbons (Fsp3) is 0.769. The van der Waals surface area contributed by atoms with Gasteiger partial charge in [0.05, 0.1) is 0 Å². The molecule has 1 aliphatic heterocycles. The minimum Gasteiger partial charge on any atom is -0.481 e. The lowest BCUT2D eigenvalue weighted by atomic mass is 10.1. The molecule has 1 unspecified atom stereocenters. The molecule has 112 valence electrons. The van der Waals surface area contributed by atoms with Crippen LogP contribution < -0.4 is 10.6 Å². The second-order valence-corrected chi connectivity index (χ2v) is 5.52. The van der Waals surface area contributed by atoms with Crippen molar-refractivity contribution in [1.29, 1.82) is 0 Å². The summed E-state index contributed by atoms with van der Waals surface area (Å²) in [6.07, 6.45) is 3.22. The van der Waals surface area contributed by atoms with E-state index in [1.807, 2.05) is 0 Å². The normalized spacial score (nSPS) is 21.6. The first-order chi connectivity index (χ1) is 9.54. The molecular weight excluding hydrogens is 262 g/mol. The van der Waals surface area contributed by atoms with E-state index in [0.717, 1.165) is 19.3 Å². The maximum atomic E-state index is 11.8. The Hall–Kier alpha value is -1.79. The van der Waals surface area contributed by atoms with E-state index in [1.54, 1.807) is 4.90 Å². The highest BCUT2D eigenvalue weighted by Crippen LogP contribution is 2.19. The van der Waals surface area contributed by atoms with Crippen LogP contribution in [0, 0.1) is 5.92 Å². The monoisotopic (exact) mass is 283 g/mol. The maximum absolute atomic E-state index is 11.8. The minimum atomic E-state index is -0.825. The average molecular weight is 283 g/mol. The summed E-state index contributed by atoms with van der Waals surface area (Å²) in [7, 11) is 0. The minimum absolute atomic E-state index is 0.0297. The molecule has 0 radical (unpaired) electrons. The molecule has 0 aromatic rings. The largest absolute Gasteiger partial charge is 0.481 e. The van der Waals surface area contributed by atoms with E-state index < -0.39 is 5.97 Å². The zero-order valence-electron chi connectivity index (χ0n) is 11.4. The third-order valence-corrected chi connectivity index (χ3v) is 3.61. The molecule has 2 rings (SSSR count). The number of carboxylic acids is 1. The first-order valence-corrected chi connectivity index (χ1v) is 7.08. The lowest BCUT2D eigenvalue weighted by Gasteiger charge is -2.17. The van der Waals surface area contributed by atoms with Gasteiger partial charge in [-0.15, -0.1) is 0 Å². The van der Waals surface area contributed by atoms with Gasteiger partial charge >= 0.3 is 12.0 Å². The van der Waals surface area contributed by atoms with Gasteiger partial charge in [-0.2, -0.15) is 0 Å². The second-order valence-electron chi connectivity index (χ2n) is 5.52. The van der Waals surface area contributed by atoms with E-state index in [1.165, 1.54) is 0 Å². The molecule has 1 aliphatic carbocycles. The van der Waals surface area contributed by atoms with E-state index in [4.69, 9.17) is 5.11 Å². The third-order valence-electron chi connectivity index (χ3n) is 3.61. The van der Waals surface area contributed by atoms with Gasteiger partial charge < -0.3 is 20.6 Å². The second kappa shape index (κ2) is 6.58. The number of rotatable bonds is 6. The molecule has 0 aromatic heterocycles. The molecule has 1 saturated heterocycles. The molecule has 1 atom stereocenters. The number of carboxylic acid groups (broad SMARTS) is 1. The quantitative estimate of drug-likeness (QED) is 0.646. The van der Waals surface area contributed by atoms with Crippen LogP contribution >= 0.6 is 0 Å². The van der Waals surface area contributed by atoms with Gasteiger partial charge in [0.1, 0.15) is 0 Å². The van der Waals surface area contributed by atoms with Gasteiger partial charge in [0.15, 0.2) is 0 Å². The highest BCUT2D eigenvalue weighted by molar-refractivity contribution is 5.78. The molecule has 2 fully saturated rings. The molecule has 2 aliphatic rings. The van der Waals surface area contributed by atoms with E-state index in [0.29, 0.717) is 25.7 Å². The summed E-state index contributed by atoms with van der Waals surface area (Å²) in [5, 5.41) is 14.3.